The van der Waals surface area contributed by atoms with Crippen molar-refractivity contribution in [3.8, 4) is 0 Å². The molecule has 5 heteroatoms. The van der Waals surface area contributed by atoms with Gasteiger partial charge in [0.1, 0.15) is 0 Å². The van der Waals surface area contributed by atoms with Crippen LogP contribution in [0.15, 0.2) is 29.2 Å². The van der Waals surface area contributed by atoms with Crippen LogP contribution in [0.2, 0.25) is 0 Å². The summed E-state index contributed by atoms with van der Waals surface area (Å²) in [6.07, 6.45) is 0.733. The first kappa shape index (κ1) is 13.5. The molecule has 1 aromatic carbocycles. The summed E-state index contributed by atoms with van der Waals surface area (Å²) < 4.78 is 26.8. The first-order valence-electron chi connectivity index (χ1n) is 6.37. The van der Waals surface area contributed by atoms with Crippen LogP contribution >= 0.6 is 0 Å². The molecular weight excluding hydrogens is 248 g/mol. The van der Waals surface area contributed by atoms with Gasteiger partial charge in [-0.1, -0.05) is 25.1 Å². The third kappa shape index (κ3) is 2.58. The summed E-state index contributed by atoms with van der Waals surface area (Å²) in [6, 6.07) is 7.48. The van der Waals surface area contributed by atoms with Crippen molar-refractivity contribution < 1.29 is 8.42 Å². The smallest absolute Gasteiger partial charge is 0.243 e. The molecule has 0 aromatic heterocycles. The zero-order valence-electron chi connectivity index (χ0n) is 10.9. The first-order valence-corrected chi connectivity index (χ1v) is 7.81. The largest absolute Gasteiger partial charge is 0.312 e. The fraction of sp³-hybridized carbons (Fsp3) is 0.538. The van der Waals surface area contributed by atoms with Gasteiger partial charge in [-0.2, -0.15) is 4.31 Å². The predicted molar refractivity (Wildman–Crippen MR) is 72.0 cm³/mol. The lowest BCUT2D eigenvalue weighted by atomic mass is 10.2. The quantitative estimate of drug-likeness (QED) is 0.897. The van der Waals surface area contributed by atoms with E-state index in [4.69, 9.17) is 0 Å². The predicted octanol–water partition coefficient (Wildman–Crippen LogP) is 1.23. The third-order valence-electron chi connectivity index (χ3n) is 3.30. The number of hydrogen-bond acceptors (Lipinski definition) is 3. The summed E-state index contributed by atoms with van der Waals surface area (Å²) >= 11 is 0. The summed E-state index contributed by atoms with van der Waals surface area (Å²) in [5, 5.41) is 3.26. The number of nitrogens with zero attached hydrogens (tertiary/aromatic N) is 1. The van der Waals surface area contributed by atoms with E-state index in [0.29, 0.717) is 24.5 Å². The molecule has 1 aromatic rings. The topological polar surface area (TPSA) is 49.4 Å². The molecule has 1 N–H and O–H groups in total. The molecule has 18 heavy (non-hydrogen) atoms. The Hall–Kier alpha value is -0.910. The Morgan fingerprint density at radius 2 is 2.11 bits per heavy atom. The maximum Gasteiger partial charge on any atom is 0.243 e. The second-order valence-electron chi connectivity index (χ2n) is 4.68. The van der Waals surface area contributed by atoms with E-state index in [1.807, 2.05) is 26.0 Å². The molecule has 0 spiro atoms. The van der Waals surface area contributed by atoms with Gasteiger partial charge in [0.25, 0.3) is 0 Å². The maximum atomic E-state index is 12.6. The van der Waals surface area contributed by atoms with Crippen LogP contribution < -0.4 is 5.32 Å². The Balaban J connectivity index is 2.35. The van der Waals surface area contributed by atoms with Gasteiger partial charge in [0.15, 0.2) is 0 Å². The molecule has 1 aliphatic rings. The highest BCUT2D eigenvalue weighted by Gasteiger charge is 2.29. The number of sulfonamides is 1. The molecule has 0 aliphatic carbocycles. The zero-order chi connectivity index (χ0) is 13.2. The van der Waals surface area contributed by atoms with Crippen LogP contribution in [0.4, 0.5) is 0 Å². The van der Waals surface area contributed by atoms with E-state index in [-0.39, 0.29) is 6.04 Å². The van der Waals surface area contributed by atoms with Crippen LogP contribution in [-0.4, -0.2) is 38.4 Å². The minimum absolute atomic E-state index is 0.210. The van der Waals surface area contributed by atoms with Crippen molar-refractivity contribution in [1.29, 1.82) is 0 Å². The summed E-state index contributed by atoms with van der Waals surface area (Å²) in [4.78, 5) is 0.460. The van der Waals surface area contributed by atoms with Crippen molar-refractivity contribution >= 4 is 10.0 Å². The average Bonchev–Trinajstić information content (AvgIpc) is 2.38. The van der Waals surface area contributed by atoms with E-state index in [9.17, 15) is 8.42 Å². The molecule has 1 aliphatic heterocycles. The van der Waals surface area contributed by atoms with Crippen molar-refractivity contribution in [1.82, 2.24) is 9.62 Å². The summed E-state index contributed by atoms with van der Waals surface area (Å²) in [5.74, 6) is 0. The number of piperazine rings is 1. The van der Waals surface area contributed by atoms with Crippen molar-refractivity contribution in [2.24, 2.45) is 0 Å². The van der Waals surface area contributed by atoms with Crippen LogP contribution in [0.5, 0.6) is 0 Å². The van der Waals surface area contributed by atoms with E-state index in [2.05, 4.69) is 5.32 Å². The Labute approximate surface area is 109 Å². The van der Waals surface area contributed by atoms with Crippen LogP contribution in [0.3, 0.4) is 0 Å². The van der Waals surface area contributed by atoms with E-state index in [0.717, 1.165) is 12.0 Å². The molecule has 1 fully saturated rings. The van der Waals surface area contributed by atoms with Crippen molar-refractivity contribution in [2.45, 2.75) is 31.2 Å². The highest BCUT2D eigenvalue weighted by atomic mass is 32.2. The zero-order valence-corrected chi connectivity index (χ0v) is 11.7. The highest BCUT2D eigenvalue weighted by molar-refractivity contribution is 7.89. The van der Waals surface area contributed by atoms with Crippen LogP contribution in [0.1, 0.15) is 19.4 Å². The minimum Gasteiger partial charge on any atom is -0.312 e. The molecule has 0 bridgehead atoms. The van der Waals surface area contributed by atoms with Crippen LogP contribution in [-0.2, 0) is 16.4 Å². The highest BCUT2D eigenvalue weighted by Crippen LogP contribution is 2.21. The Morgan fingerprint density at radius 1 is 1.39 bits per heavy atom. The summed E-state index contributed by atoms with van der Waals surface area (Å²) in [7, 11) is -3.34. The molecule has 1 unspecified atom stereocenters. The van der Waals surface area contributed by atoms with Crippen molar-refractivity contribution in [3.05, 3.63) is 29.8 Å². The Morgan fingerprint density at radius 3 is 2.78 bits per heavy atom. The molecule has 4 nitrogen and oxygen atoms in total. The SMILES string of the molecule is CCc1ccccc1S(=O)(=O)N1CCNC(C)C1. The molecule has 0 radical (unpaired) electrons. The van der Waals surface area contributed by atoms with Gasteiger partial charge in [0.05, 0.1) is 4.90 Å². The van der Waals surface area contributed by atoms with Crippen molar-refractivity contribution in [3.63, 3.8) is 0 Å². The number of hydrogen-bond donors (Lipinski definition) is 1. The molecule has 0 saturated carbocycles. The minimum atomic E-state index is -3.34. The standard InChI is InChI=1S/C13H20N2O2S/c1-3-12-6-4-5-7-13(12)18(16,17)15-9-8-14-11(2)10-15/h4-7,11,14H,3,8-10H2,1-2H3. The van der Waals surface area contributed by atoms with E-state index in [1.165, 1.54) is 0 Å². The van der Waals surface area contributed by atoms with E-state index < -0.39 is 10.0 Å². The van der Waals surface area contributed by atoms with E-state index in [1.54, 1.807) is 16.4 Å². The summed E-state index contributed by atoms with van der Waals surface area (Å²) in [5.41, 5.74) is 0.892. The number of rotatable bonds is 3. The molecule has 0 amide bonds. The lowest BCUT2D eigenvalue weighted by Gasteiger charge is -2.31. The second kappa shape index (κ2) is 5.38. The Kier molecular flexibility index (Phi) is 4.04. The number of aryl methyl sites for hydroxylation is 1. The second-order valence-corrected chi connectivity index (χ2v) is 6.59. The van der Waals surface area contributed by atoms with Gasteiger partial charge in [-0.3, -0.25) is 0 Å². The molecule has 1 saturated heterocycles. The fourth-order valence-electron chi connectivity index (χ4n) is 2.30. The normalized spacial score (nSPS) is 22.0. The van der Waals surface area contributed by atoms with Gasteiger partial charge in [-0.05, 0) is 25.0 Å². The van der Waals surface area contributed by atoms with Gasteiger partial charge in [0.2, 0.25) is 10.0 Å². The average molecular weight is 268 g/mol. The molecule has 1 heterocycles. The number of nitrogens with one attached hydrogen (secondary N) is 1. The molecule has 1 atom stereocenters. The molecular formula is C13H20N2O2S. The van der Waals surface area contributed by atoms with Gasteiger partial charge < -0.3 is 5.32 Å². The van der Waals surface area contributed by atoms with Gasteiger partial charge in [0, 0.05) is 25.7 Å². The monoisotopic (exact) mass is 268 g/mol. The van der Waals surface area contributed by atoms with Gasteiger partial charge in [-0.25, -0.2) is 8.42 Å². The maximum absolute atomic E-state index is 12.6. The van der Waals surface area contributed by atoms with E-state index >= 15 is 0 Å². The summed E-state index contributed by atoms with van der Waals surface area (Å²) in [6.45, 7) is 5.79. The Bertz CT molecular complexity index is 513. The van der Waals surface area contributed by atoms with Crippen LogP contribution in [0.25, 0.3) is 0 Å². The lowest BCUT2D eigenvalue weighted by molar-refractivity contribution is 0.310. The van der Waals surface area contributed by atoms with Gasteiger partial charge in [-0.15, -0.1) is 0 Å². The van der Waals surface area contributed by atoms with Crippen molar-refractivity contribution in [2.75, 3.05) is 19.6 Å². The molecule has 2 rings (SSSR count). The fourth-order valence-corrected chi connectivity index (χ4v) is 4.13. The first-order chi connectivity index (χ1) is 8.55. The molecule has 100 valence electrons. The van der Waals surface area contributed by atoms with Crippen LogP contribution in [0, 0.1) is 0 Å². The van der Waals surface area contributed by atoms with Gasteiger partial charge >= 0.3 is 0 Å². The number of benzene rings is 1. The lowest BCUT2D eigenvalue weighted by Crippen LogP contribution is -2.51. The third-order valence-corrected chi connectivity index (χ3v) is 5.27.